The van der Waals surface area contributed by atoms with Gasteiger partial charge in [-0.15, -0.1) is 0 Å². The van der Waals surface area contributed by atoms with Gasteiger partial charge in [-0.3, -0.25) is 9.59 Å². The largest absolute Gasteiger partial charge is 0.481 e. The molecule has 2 heterocycles. The molecule has 0 aliphatic carbocycles. The molecular formula is C18H22N2O3. The van der Waals surface area contributed by atoms with E-state index in [0.717, 1.165) is 17.5 Å². The molecular weight excluding hydrogens is 292 g/mol. The molecule has 5 heteroatoms. The normalized spacial score (nSPS) is 18.3. The summed E-state index contributed by atoms with van der Waals surface area (Å²) in [4.78, 5) is 28.4. The molecule has 1 aromatic heterocycles. The fraction of sp³-hybridized carbons (Fsp3) is 0.444. The number of piperidine rings is 1. The number of carboxylic acid groups (broad SMARTS) is 1. The second kappa shape index (κ2) is 6.44. The van der Waals surface area contributed by atoms with Gasteiger partial charge in [-0.25, -0.2) is 0 Å². The molecule has 122 valence electrons. The van der Waals surface area contributed by atoms with Gasteiger partial charge in [0.1, 0.15) is 0 Å². The second-order valence-electron chi connectivity index (χ2n) is 6.38. The van der Waals surface area contributed by atoms with Crippen LogP contribution in [0.1, 0.15) is 30.4 Å². The van der Waals surface area contributed by atoms with E-state index in [1.807, 2.05) is 6.20 Å². The zero-order chi connectivity index (χ0) is 16.4. The summed E-state index contributed by atoms with van der Waals surface area (Å²) in [5.41, 5.74) is 3.43. The fourth-order valence-corrected chi connectivity index (χ4v) is 3.30. The van der Waals surface area contributed by atoms with E-state index >= 15 is 0 Å². The zero-order valence-electron chi connectivity index (χ0n) is 13.3. The Hall–Kier alpha value is -2.30. The highest BCUT2D eigenvalue weighted by Crippen LogP contribution is 2.22. The lowest BCUT2D eigenvalue weighted by molar-refractivity contribution is -0.145. The monoisotopic (exact) mass is 314 g/mol. The maximum Gasteiger partial charge on any atom is 0.308 e. The number of carboxylic acids is 1. The molecule has 1 amide bonds. The number of aryl methyl sites for hydroxylation is 2. The lowest BCUT2D eigenvalue weighted by Gasteiger charge is -2.30. The van der Waals surface area contributed by atoms with Crippen LogP contribution in [-0.4, -0.2) is 40.0 Å². The van der Waals surface area contributed by atoms with Gasteiger partial charge in [0, 0.05) is 36.6 Å². The van der Waals surface area contributed by atoms with E-state index in [-0.39, 0.29) is 5.91 Å². The van der Waals surface area contributed by atoms with Gasteiger partial charge in [-0.05, 0) is 43.9 Å². The van der Waals surface area contributed by atoms with E-state index in [2.05, 4.69) is 30.1 Å². The smallest absolute Gasteiger partial charge is 0.308 e. The second-order valence-corrected chi connectivity index (χ2v) is 6.38. The van der Waals surface area contributed by atoms with Crippen LogP contribution in [0, 0.1) is 12.8 Å². The summed E-state index contributed by atoms with van der Waals surface area (Å²) in [6, 6.07) is 6.25. The zero-order valence-corrected chi connectivity index (χ0v) is 13.3. The minimum Gasteiger partial charge on any atom is -0.481 e. The van der Waals surface area contributed by atoms with Crippen molar-refractivity contribution in [3.63, 3.8) is 0 Å². The first-order valence-corrected chi connectivity index (χ1v) is 8.12. The Bertz CT molecular complexity index is 735. The Morgan fingerprint density at radius 3 is 3.00 bits per heavy atom. The van der Waals surface area contributed by atoms with Crippen molar-refractivity contribution in [2.45, 2.75) is 32.6 Å². The third kappa shape index (κ3) is 3.38. The molecule has 0 bridgehead atoms. The highest BCUT2D eigenvalue weighted by molar-refractivity contribution is 5.85. The number of benzene rings is 1. The Kier molecular flexibility index (Phi) is 4.37. The Morgan fingerprint density at radius 2 is 2.22 bits per heavy atom. The number of carbonyl (C=O) groups is 2. The number of nitrogens with one attached hydrogen (secondary N) is 1. The summed E-state index contributed by atoms with van der Waals surface area (Å²) in [5, 5.41) is 10.3. The van der Waals surface area contributed by atoms with Gasteiger partial charge in [-0.1, -0.05) is 11.6 Å². The van der Waals surface area contributed by atoms with Gasteiger partial charge in [-0.2, -0.15) is 0 Å². The van der Waals surface area contributed by atoms with Crippen LogP contribution in [0.25, 0.3) is 10.9 Å². The molecule has 0 saturated carbocycles. The van der Waals surface area contributed by atoms with Crippen LogP contribution in [0.2, 0.25) is 0 Å². The summed E-state index contributed by atoms with van der Waals surface area (Å²) in [6.07, 6.45) is 4.51. The first-order chi connectivity index (χ1) is 11.0. The molecule has 2 N–H and O–H groups in total. The summed E-state index contributed by atoms with van der Waals surface area (Å²) in [5.74, 6) is -1.16. The quantitative estimate of drug-likeness (QED) is 0.911. The number of aromatic amines is 1. The van der Waals surface area contributed by atoms with Gasteiger partial charge in [0.15, 0.2) is 0 Å². The number of aromatic nitrogens is 1. The lowest BCUT2D eigenvalue weighted by Crippen LogP contribution is -2.42. The molecule has 1 fully saturated rings. The highest BCUT2D eigenvalue weighted by atomic mass is 16.4. The third-order valence-corrected chi connectivity index (χ3v) is 4.65. The van der Waals surface area contributed by atoms with E-state index in [1.54, 1.807) is 4.90 Å². The van der Waals surface area contributed by atoms with Crippen molar-refractivity contribution in [3.8, 4) is 0 Å². The molecule has 1 saturated heterocycles. The Balaban J connectivity index is 1.64. The Labute approximate surface area is 135 Å². The summed E-state index contributed by atoms with van der Waals surface area (Å²) in [7, 11) is 0. The van der Waals surface area contributed by atoms with Crippen LogP contribution >= 0.6 is 0 Å². The van der Waals surface area contributed by atoms with Gasteiger partial charge < -0.3 is 15.0 Å². The number of aliphatic carboxylic acids is 1. The number of nitrogens with zero attached hydrogens (tertiary/aromatic N) is 1. The van der Waals surface area contributed by atoms with Gasteiger partial charge in [0.2, 0.25) is 5.91 Å². The molecule has 0 radical (unpaired) electrons. The SMILES string of the molecule is Cc1ccc2[nH]cc(CCC(=O)N3CCC[C@@H](C(=O)O)C3)c2c1. The van der Waals surface area contributed by atoms with Crippen LogP contribution in [0.15, 0.2) is 24.4 Å². The van der Waals surface area contributed by atoms with Crippen molar-refractivity contribution >= 4 is 22.8 Å². The van der Waals surface area contributed by atoms with E-state index in [9.17, 15) is 9.59 Å². The molecule has 0 spiro atoms. The number of rotatable bonds is 4. The standard InChI is InChI=1S/C18H22N2O3/c1-12-4-6-16-15(9-12)13(10-19-16)5-7-17(21)20-8-2-3-14(11-20)18(22)23/h4,6,9-10,14,19H,2-3,5,7-8,11H2,1H3,(H,22,23)/t14-/m1/s1. The maximum absolute atomic E-state index is 12.4. The van der Waals surface area contributed by atoms with Crippen molar-refractivity contribution in [2.24, 2.45) is 5.92 Å². The number of carbonyl (C=O) groups excluding carboxylic acids is 1. The molecule has 0 unspecified atom stereocenters. The predicted molar refractivity (Wildman–Crippen MR) is 88.3 cm³/mol. The highest BCUT2D eigenvalue weighted by Gasteiger charge is 2.27. The summed E-state index contributed by atoms with van der Waals surface area (Å²) < 4.78 is 0. The third-order valence-electron chi connectivity index (χ3n) is 4.65. The van der Waals surface area contributed by atoms with Gasteiger partial charge in [0.05, 0.1) is 5.92 Å². The average molecular weight is 314 g/mol. The van der Waals surface area contributed by atoms with Crippen LogP contribution in [-0.2, 0) is 16.0 Å². The van der Waals surface area contributed by atoms with Crippen molar-refractivity contribution in [1.82, 2.24) is 9.88 Å². The molecule has 1 aromatic carbocycles. The van der Waals surface area contributed by atoms with E-state index in [4.69, 9.17) is 5.11 Å². The molecule has 1 aliphatic heterocycles. The number of H-pyrrole nitrogens is 1. The minimum absolute atomic E-state index is 0.0537. The van der Waals surface area contributed by atoms with E-state index in [0.29, 0.717) is 32.4 Å². The summed E-state index contributed by atoms with van der Waals surface area (Å²) in [6.45, 7) is 3.08. The van der Waals surface area contributed by atoms with Crippen LogP contribution in [0.5, 0.6) is 0 Å². The number of likely N-dealkylation sites (tertiary alicyclic amines) is 1. The molecule has 5 nitrogen and oxygen atoms in total. The Morgan fingerprint density at radius 1 is 1.39 bits per heavy atom. The molecule has 3 rings (SSSR count). The lowest BCUT2D eigenvalue weighted by atomic mass is 9.97. The van der Waals surface area contributed by atoms with E-state index in [1.165, 1.54) is 10.9 Å². The fourth-order valence-electron chi connectivity index (χ4n) is 3.30. The number of hydrogen-bond donors (Lipinski definition) is 2. The summed E-state index contributed by atoms with van der Waals surface area (Å²) >= 11 is 0. The number of fused-ring (bicyclic) bond motifs is 1. The molecule has 1 atom stereocenters. The number of amides is 1. The first-order valence-electron chi connectivity index (χ1n) is 8.12. The average Bonchev–Trinajstić information content (AvgIpc) is 2.95. The van der Waals surface area contributed by atoms with Crippen molar-refractivity contribution in [1.29, 1.82) is 0 Å². The molecule has 23 heavy (non-hydrogen) atoms. The van der Waals surface area contributed by atoms with Gasteiger partial charge >= 0.3 is 5.97 Å². The van der Waals surface area contributed by atoms with Gasteiger partial charge in [0.25, 0.3) is 0 Å². The predicted octanol–water partition coefficient (Wildman–Crippen LogP) is 2.73. The minimum atomic E-state index is -0.797. The topological polar surface area (TPSA) is 73.4 Å². The molecule has 2 aromatic rings. The van der Waals surface area contributed by atoms with E-state index < -0.39 is 11.9 Å². The van der Waals surface area contributed by atoms with Crippen LogP contribution in [0.3, 0.4) is 0 Å². The number of hydrogen-bond acceptors (Lipinski definition) is 2. The van der Waals surface area contributed by atoms with Crippen molar-refractivity contribution < 1.29 is 14.7 Å². The van der Waals surface area contributed by atoms with Crippen LogP contribution < -0.4 is 0 Å². The first kappa shape index (κ1) is 15.6. The van der Waals surface area contributed by atoms with Crippen molar-refractivity contribution in [3.05, 3.63) is 35.5 Å². The van der Waals surface area contributed by atoms with Crippen LogP contribution in [0.4, 0.5) is 0 Å². The molecule has 1 aliphatic rings. The van der Waals surface area contributed by atoms with Crippen molar-refractivity contribution in [2.75, 3.05) is 13.1 Å². The maximum atomic E-state index is 12.4.